The third kappa shape index (κ3) is 4.17. The van der Waals surface area contributed by atoms with Gasteiger partial charge in [-0.3, -0.25) is 4.98 Å². The van der Waals surface area contributed by atoms with E-state index in [2.05, 4.69) is 9.71 Å². The van der Waals surface area contributed by atoms with Gasteiger partial charge < -0.3 is 4.42 Å². The van der Waals surface area contributed by atoms with Gasteiger partial charge in [-0.2, -0.15) is 0 Å². The number of primary sulfonamides is 1. The molecule has 0 spiro atoms. The molecule has 26 heavy (non-hydrogen) atoms. The molecule has 136 valence electrons. The van der Waals surface area contributed by atoms with Crippen LogP contribution in [0.5, 0.6) is 0 Å². The standard InChI is InChI=1S/C16H15N3O5S2/c17-25(20,21)14-3-5-15(6-4-14)26(22,23)19-10-12-8-13(11-18-9-12)16-2-1-7-24-16/h1-9,11,19H,10H2,(H2,17,20,21). The van der Waals surface area contributed by atoms with Crippen LogP contribution in [0.3, 0.4) is 0 Å². The molecule has 3 N–H and O–H groups in total. The molecule has 3 aromatic rings. The number of hydrogen-bond donors (Lipinski definition) is 2. The topological polar surface area (TPSA) is 132 Å². The van der Waals surface area contributed by atoms with Crippen LogP contribution < -0.4 is 9.86 Å². The highest BCUT2D eigenvalue weighted by Gasteiger charge is 2.16. The largest absolute Gasteiger partial charge is 0.464 e. The molecule has 0 amide bonds. The monoisotopic (exact) mass is 393 g/mol. The van der Waals surface area contributed by atoms with Crippen LogP contribution in [0.4, 0.5) is 0 Å². The van der Waals surface area contributed by atoms with Crippen LogP contribution >= 0.6 is 0 Å². The molecule has 0 aliphatic rings. The van der Waals surface area contributed by atoms with Gasteiger partial charge in [0.2, 0.25) is 20.0 Å². The Morgan fingerprint density at radius 2 is 1.69 bits per heavy atom. The second-order valence-electron chi connectivity index (χ2n) is 5.40. The lowest BCUT2D eigenvalue weighted by Gasteiger charge is -2.08. The zero-order valence-electron chi connectivity index (χ0n) is 13.4. The van der Waals surface area contributed by atoms with E-state index in [0.717, 1.165) is 17.7 Å². The van der Waals surface area contributed by atoms with Gasteiger partial charge in [-0.25, -0.2) is 26.7 Å². The Morgan fingerprint density at radius 1 is 1.00 bits per heavy atom. The Hall–Kier alpha value is -2.53. The van der Waals surface area contributed by atoms with Crippen LogP contribution in [0.15, 0.2) is 75.3 Å². The van der Waals surface area contributed by atoms with Crippen molar-refractivity contribution in [3.8, 4) is 11.3 Å². The van der Waals surface area contributed by atoms with Crippen LogP contribution in [-0.2, 0) is 26.6 Å². The van der Waals surface area contributed by atoms with E-state index in [1.165, 1.54) is 18.4 Å². The van der Waals surface area contributed by atoms with Gasteiger partial charge in [-0.1, -0.05) is 0 Å². The number of sulfonamides is 2. The normalized spacial score (nSPS) is 12.2. The Balaban J connectivity index is 1.75. The number of benzene rings is 1. The molecular formula is C16H15N3O5S2. The summed E-state index contributed by atoms with van der Waals surface area (Å²) in [7, 11) is -7.70. The fourth-order valence-electron chi connectivity index (χ4n) is 2.23. The highest BCUT2D eigenvalue weighted by Crippen LogP contribution is 2.20. The predicted octanol–water partition coefficient (Wildman–Crippen LogP) is 1.47. The first-order valence-corrected chi connectivity index (χ1v) is 10.4. The van der Waals surface area contributed by atoms with Crippen molar-refractivity contribution >= 4 is 20.0 Å². The molecule has 10 heteroatoms. The third-order valence-corrected chi connectivity index (χ3v) is 5.88. The smallest absolute Gasteiger partial charge is 0.240 e. The number of nitrogens with zero attached hydrogens (tertiary/aromatic N) is 1. The molecular weight excluding hydrogens is 378 g/mol. The summed E-state index contributed by atoms with van der Waals surface area (Å²) >= 11 is 0. The molecule has 8 nitrogen and oxygen atoms in total. The number of furan rings is 1. The quantitative estimate of drug-likeness (QED) is 0.652. The predicted molar refractivity (Wildman–Crippen MR) is 93.8 cm³/mol. The summed E-state index contributed by atoms with van der Waals surface area (Å²) in [5.41, 5.74) is 1.37. The van der Waals surface area contributed by atoms with Crippen molar-refractivity contribution in [2.75, 3.05) is 0 Å². The molecule has 0 saturated heterocycles. The van der Waals surface area contributed by atoms with Crippen LogP contribution in [0, 0.1) is 0 Å². The van der Waals surface area contributed by atoms with E-state index in [0.29, 0.717) is 11.3 Å². The van der Waals surface area contributed by atoms with Crippen LogP contribution in [0.2, 0.25) is 0 Å². The van der Waals surface area contributed by atoms with Gasteiger partial charge in [0, 0.05) is 24.5 Å². The third-order valence-electron chi connectivity index (χ3n) is 3.53. The number of nitrogens with two attached hydrogens (primary N) is 1. The molecule has 2 aromatic heterocycles. The van der Waals surface area contributed by atoms with Gasteiger partial charge in [0.05, 0.1) is 16.1 Å². The maximum absolute atomic E-state index is 12.3. The summed E-state index contributed by atoms with van der Waals surface area (Å²) < 4.78 is 54.9. The van der Waals surface area contributed by atoms with Crippen molar-refractivity contribution in [3.63, 3.8) is 0 Å². The minimum absolute atomic E-state index is 0.0147. The summed E-state index contributed by atoms with van der Waals surface area (Å²) in [6, 6.07) is 9.93. The van der Waals surface area contributed by atoms with Gasteiger partial charge in [-0.15, -0.1) is 0 Å². The van der Waals surface area contributed by atoms with Crippen molar-refractivity contribution in [2.45, 2.75) is 16.3 Å². The SMILES string of the molecule is NS(=O)(=O)c1ccc(S(=O)(=O)NCc2cncc(-c3ccco3)c2)cc1. The van der Waals surface area contributed by atoms with E-state index in [1.54, 1.807) is 30.6 Å². The van der Waals surface area contributed by atoms with Crippen molar-refractivity contribution in [1.29, 1.82) is 0 Å². The molecule has 0 radical (unpaired) electrons. The van der Waals surface area contributed by atoms with Crippen molar-refractivity contribution in [2.24, 2.45) is 5.14 Å². The van der Waals surface area contributed by atoms with Crippen LogP contribution in [0.25, 0.3) is 11.3 Å². The van der Waals surface area contributed by atoms with Gasteiger partial charge >= 0.3 is 0 Å². The molecule has 0 aliphatic carbocycles. The van der Waals surface area contributed by atoms with E-state index in [-0.39, 0.29) is 16.3 Å². The zero-order chi connectivity index (χ0) is 18.8. The number of pyridine rings is 1. The fourth-order valence-corrected chi connectivity index (χ4v) is 3.77. The average molecular weight is 393 g/mol. The number of hydrogen-bond acceptors (Lipinski definition) is 6. The number of rotatable bonds is 6. The zero-order valence-corrected chi connectivity index (χ0v) is 15.0. The van der Waals surface area contributed by atoms with Crippen molar-refractivity contribution in [3.05, 3.63) is 66.7 Å². The van der Waals surface area contributed by atoms with Crippen molar-refractivity contribution in [1.82, 2.24) is 9.71 Å². The van der Waals surface area contributed by atoms with Crippen LogP contribution in [0.1, 0.15) is 5.56 Å². The summed E-state index contributed by atoms with van der Waals surface area (Å²) in [4.78, 5) is 3.85. The highest BCUT2D eigenvalue weighted by molar-refractivity contribution is 7.89. The second kappa shape index (κ2) is 7.00. The molecule has 0 bridgehead atoms. The summed E-state index contributed by atoms with van der Waals surface area (Å²) in [5.74, 6) is 0.626. The van der Waals surface area contributed by atoms with E-state index in [9.17, 15) is 16.8 Å². The lowest BCUT2D eigenvalue weighted by molar-refractivity contribution is 0.580. The van der Waals surface area contributed by atoms with Gasteiger partial charge in [0.15, 0.2) is 0 Å². The Kier molecular flexibility index (Phi) is 4.92. The molecule has 0 fully saturated rings. The number of aromatic nitrogens is 1. The van der Waals surface area contributed by atoms with E-state index < -0.39 is 20.0 Å². The number of nitrogens with one attached hydrogen (secondary N) is 1. The second-order valence-corrected chi connectivity index (χ2v) is 8.73. The molecule has 0 atom stereocenters. The molecule has 0 unspecified atom stereocenters. The average Bonchev–Trinajstić information content (AvgIpc) is 3.14. The molecule has 0 saturated carbocycles. The Bertz CT molecular complexity index is 1110. The summed E-state index contributed by atoms with van der Waals surface area (Å²) in [5, 5.41) is 5.00. The minimum atomic E-state index is -3.88. The maximum Gasteiger partial charge on any atom is 0.240 e. The molecule has 3 rings (SSSR count). The Labute approximate surface area is 150 Å². The van der Waals surface area contributed by atoms with E-state index in [4.69, 9.17) is 9.56 Å². The first-order valence-electron chi connectivity index (χ1n) is 7.36. The maximum atomic E-state index is 12.3. The lowest BCUT2D eigenvalue weighted by atomic mass is 10.2. The molecule has 0 aliphatic heterocycles. The van der Waals surface area contributed by atoms with Gasteiger partial charge in [0.1, 0.15) is 5.76 Å². The highest BCUT2D eigenvalue weighted by atomic mass is 32.2. The fraction of sp³-hybridized carbons (Fsp3) is 0.0625. The lowest BCUT2D eigenvalue weighted by Crippen LogP contribution is -2.23. The van der Waals surface area contributed by atoms with E-state index in [1.807, 2.05) is 0 Å². The summed E-state index contributed by atoms with van der Waals surface area (Å²) in [6.45, 7) is 0.0147. The first-order chi connectivity index (χ1) is 12.3. The van der Waals surface area contributed by atoms with E-state index >= 15 is 0 Å². The van der Waals surface area contributed by atoms with Crippen LogP contribution in [-0.4, -0.2) is 21.8 Å². The summed E-state index contributed by atoms with van der Waals surface area (Å²) in [6.07, 6.45) is 4.69. The van der Waals surface area contributed by atoms with Gasteiger partial charge in [-0.05, 0) is 48.0 Å². The molecule has 2 heterocycles. The van der Waals surface area contributed by atoms with Gasteiger partial charge in [0.25, 0.3) is 0 Å². The molecule has 1 aromatic carbocycles. The first kappa shape index (κ1) is 18.3. The van der Waals surface area contributed by atoms with Crippen molar-refractivity contribution < 1.29 is 21.3 Å². The Morgan fingerprint density at radius 3 is 2.31 bits per heavy atom. The minimum Gasteiger partial charge on any atom is -0.464 e.